The van der Waals surface area contributed by atoms with Gasteiger partial charge in [-0.3, -0.25) is 14.5 Å². The lowest BCUT2D eigenvalue weighted by Crippen LogP contribution is -2.29. The van der Waals surface area contributed by atoms with Gasteiger partial charge in [-0.2, -0.15) is 0 Å². The second kappa shape index (κ2) is 9.17. The summed E-state index contributed by atoms with van der Waals surface area (Å²) in [4.78, 5) is 27.0. The monoisotopic (exact) mass is 410 g/mol. The zero-order valence-corrected chi connectivity index (χ0v) is 17.5. The Kier molecular flexibility index (Phi) is 6.65. The first-order valence-corrected chi connectivity index (χ1v) is 10.3. The van der Waals surface area contributed by atoms with Gasteiger partial charge in [-0.05, 0) is 43.5 Å². The highest BCUT2D eigenvalue weighted by atomic mass is 32.2. The zero-order chi connectivity index (χ0) is 20.1. The Balaban J connectivity index is 1.54. The Labute approximate surface area is 175 Å². The number of para-hydroxylation sites is 1. The standard InChI is InChI=1S/C22H22N2O2S2/c1-15-9-11-17(12-10-15)14-19-21(26)24(22(27)28-19)13-5-8-20(25)23-18-7-4-3-6-16(18)2/h3-4,6-7,9-12,14H,5,8,13H2,1-2H3,(H,23,25)/b19-14-. The molecule has 0 saturated carbocycles. The van der Waals surface area contributed by atoms with E-state index in [1.165, 1.54) is 17.3 Å². The van der Waals surface area contributed by atoms with Crippen molar-refractivity contribution in [2.45, 2.75) is 26.7 Å². The summed E-state index contributed by atoms with van der Waals surface area (Å²) in [5.74, 6) is -0.148. The first-order chi connectivity index (χ1) is 13.4. The second-order valence-corrected chi connectivity index (χ2v) is 8.39. The van der Waals surface area contributed by atoms with Crippen molar-refractivity contribution in [1.29, 1.82) is 0 Å². The largest absolute Gasteiger partial charge is 0.326 e. The summed E-state index contributed by atoms with van der Waals surface area (Å²) in [7, 11) is 0. The van der Waals surface area contributed by atoms with Crippen LogP contribution < -0.4 is 5.32 Å². The van der Waals surface area contributed by atoms with Gasteiger partial charge < -0.3 is 5.32 Å². The summed E-state index contributed by atoms with van der Waals surface area (Å²) < 4.78 is 0.544. The van der Waals surface area contributed by atoms with Gasteiger partial charge in [-0.15, -0.1) is 0 Å². The van der Waals surface area contributed by atoms with Crippen molar-refractivity contribution >= 4 is 51.9 Å². The normalized spacial score (nSPS) is 15.4. The van der Waals surface area contributed by atoms with E-state index in [2.05, 4.69) is 5.32 Å². The van der Waals surface area contributed by atoms with E-state index < -0.39 is 0 Å². The zero-order valence-electron chi connectivity index (χ0n) is 15.9. The van der Waals surface area contributed by atoms with E-state index in [0.29, 0.717) is 28.6 Å². The number of aryl methyl sites for hydroxylation is 2. The van der Waals surface area contributed by atoms with Crippen LogP contribution in [-0.2, 0) is 9.59 Å². The molecule has 4 nitrogen and oxygen atoms in total. The maximum atomic E-state index is 12.6. The summed E-state index contributed by atoms with van der Waals surface area (Å²) in [6.45, 7) is 4.42. The maximum Gasteiger partial charge on any atom is 0.266 e. The van der Waals surface area contributed by atoms with Crippen LogP contribution in [0.2, 0.25) is 0 Å². The Bertz CT molecular complexity index is 936. The summed E-state index contributed by atoms with van der Waals surface area (Å²) in [5, 5.41) is 2.91. The van der Waals surface area contributed by atoms with Crippen LogP contribution in [0.1, 0.15) is 29.5 Å². The molecule has 0 aliphatic carbocycles. The third-order valence-corrected chi connectivity index (χ3v) is 5.83. The van der Waals surface area contributed by atoms with E-state index in [0.717, 1.165) is 16.8 Å². The van der Waals surface area contributed by atoms with Crippen molar-refractivity contribution in [2.75, 3.05) is 11.9 Å². The van der Waals surface area contributed by atoms with Crippen LogP contribution in [0.5, 0.6) is 0 Å². The molecule has 1 aliphatic rings. The number of nitrogens with one attached hydrogen (secondary N) is 1. The molecule has 144 valence electrons. The highest BCUT2D eigenvalue weighted by molar-refractivity contribution is 8.26. The predicted molar refractivity (Wildman–Crippen MR) is 120 cm³/mol. The molecule has 1 saturated heterocycles. The van der Waals surface area contributed by atoms with Crippen molar-refractivity contribution in [2.24, 2.45) is 0 Å². The van der Waals surface area contributed by atoms with Gasteiger partial charge in [0, 0.05) is 18.7 Å². The first kappa shape index (κ1) is 20.3. The van der Waals surface area contributed by atoms with Crippen LogP contribution in [0.15, 0.2) is 53.4 Å². The molecule has 2 amide bonds. The van der Waals surface area contributed by atoms with E-state index in [1.807, 2.05) is 68.5 Å². The molecule has 0 bridgehead atoms. The number of hydrogen-bond donors (Lipinski definition) is 1. The van der Waals surface area contributed by atoms with E-state index in [4.69, 9.17) is 12.2 Å². The number of thioether (sulfide) groups is 1. The first-order valence-electron chi connectivity index (χ1n) is 9.11. The number of nitrogens with zero attached hydrogens (tertiary/aromatic N) is 1. The molecule has 1 N–H and O–H groups in total. The highest BCUT2D eigenvalue weighted by Crippen LogP contribution is 2.32. The number of rotatable bonds is 6. The number of carbonyl (C=O) groups excluding carboxylic acids is 2. The number of amides is 2. The fraction of sp³-hybridized carbons (Fsp3) is 0.227. The lowest BCUT2D eigenvalue weighted by atomic mass is 10.1. The van der Waals surface area contributed by atoms with Crippen LogP contribution in [0, 0.1) is 13.8 Å². The molecule has 1 aliphatic heterocycles. The van der Waals surface area contributed by atoms with Gasteiger partial charge >= 0.3 is 0 Å². The molecule has 1 heterocycles. The fourth-order valence-corrected chi connectivity index (χ4v) is 4.14. The minimum atomic E-state index is -0.0881. The van der Waals surface area contributed by atoms with E-state index in [-0.39, 0.29) is 11.8 Å². The van der Waals surface area contributed by atoms with Crippen LogP contribution in [0.3, 0.4) is 0 Å². The topological polar surface area (TPSA) is 49.4 Å². The highest BCUT2D eigenvalue weighted by Gasteiger charge is 2.31. The molecule has 2 aromatic rings. The number of hydrogen-bond acceptors (Lipinski definition) is 4. The molecule has 2 aromatic carbocycles. The van der Waals surface area contributed by atoms with Gasteiger partial charge in [0.2, 0.25) is 5.91 Å². The molecule has 28 heavy (non-hydrogen) atoms. The number of carbonyl (C=O) groups is 2. The summed E-state index contributed by atoms with van der Waals surface area (Å²) in [6, 6.07) is 15.7. The van der Waals surface area contributed by atoms with E-state index in [1.54, 1.807) is 4.90 Å². The van der Waals surface area contributed by atoms with Gasteiger partial charge in [-0.25, -0.2) is 0 Å². The summed E-state index contributed by atoms with van der Waals surface area (Å²) in [5.41, 5.74) is 3.99. The van der Waals surface area contributed by atoms with Gasteiger partial charge in [0.15, 0.2) is 0 Å². The average Bonchev–Trinajstić information content (AvgIpc) is 2.93. The molecule has 1 fully saturated rings. The second-order valence-electron chi connectivity index (χ2n) is 6.71. The number of benzene rings is 2. The van der Waals surface area contributed by atoms with Gasteiger partial charge in [-0.1, -0.05) is 72.0 Å². The van der Waals surface area contributed by atoms with Crippen molar-refractivity contribution < 1.29 is 9.59 Å². The molecule has 3 rings (SSSR count). The molecule has 0 radical (unpaired) electrons. The van der Waals surface area contributed by atoms with Crippen LogP contribution in [0.4, 0.5) is 5.69 Å². The SMILES string of the molecule is Cc1ccc(/C=C2\SC(=S)N(CCCC(=O)Nc3ccccc3C)C2=O)cc1. The van der Waals surface area contributed by atoms with Crippen LogP contribution in [-0.4, -0.2) is 27.6 Å². The van der Waals surface area contributed by atoms with Crippen molar-refractivity contribution in [1.82, 2.24) is 4.90 Å². The maximum absolute atomic E-state index is 12.6. The van der Waals surface area contributed by atoms with E-state index >= 15 is 0 Å². The Morgan fingerprint density at radius 3 is 2.57 bits per heavy atom. The lowest BCUT2D eigenvalue weighted by molar-refractivity contribution is -0.122. The Morgan fingerprint density at radius 2 is 1.86 bits per heavy atom. The van der Waals surface area contributed by atoms with Crippen molar-refractivity contribution in [3.8, 4) is 0 Å². The molecule has 0 atom stereocenters. The van der Waals surface area contributed by atoms with E-state index in [9.17, 15) is 9.59 Å². The van der Waals surface area contributed by atoms with Crippen LogP contribution >= 0.6 is 24.0 Å². The number of thiocarbonyl (C=S) groups is 1. The Hall–Kier alpha value is -2.44. The number of anilines is 1. The van der Waals surface area contributed by atoms with Crippen molar-refractivity contribution in [3.05, 3.63) is 70.1 Å². The van der Waals surface area contributed by atoms with Gasteiger partial charge in [0.05, 0.1) is 4.91 Å². The minimum absolute atomic E-state index is 0.0602. The fourth-order valence-electron chi connectivity index (χ4n) is 2.83. The quantitative estimate of drug-likeness (QED) is 0.542. The third kappa shape index (κ3) is 5.09. The molecular formula is C22H22N2O2S2. The molecule has 0 aromatic heterocycles. The van der Waals surface area contributed by atoms with Crippen LogP contribution in [0.25, 0.3) is 6.08 Å². The Morgan fingerprint density at radius 1 is 1.14 bits per heavy atom. The molecule has 0 unspecified atom stereocenters. The predicted octanol–water partition coefficient (Wildman–Crippen LogP) is 4.92. The molecule has 6 heteroatoms. The lowest BCUT2D eigenvalue weighted by Gasteiger charge is -2.14. The third-order valence-electron chi connectivity index (χ3n) is 4.45. The summed E-state index contributed by atoms with van der Waals surface area (Å²) >= 11 is 6.67. The van der Waals surface area contributed by atoms with Gasteiger partial charge in [0.1, 0.15) is 4.32 Å². The average molecular weight is 411 g/mol. The minimum Gasteiger partial charge on any atom is -0.326 e. The molecule has 0 spiro atoms. The smallest absolute Gasteiger partial charge is 0.266 e. The van der Waals surface area contributed by atoms with Crippen molar-refractivity contribution in [3.63, 3.8) is 0 Å². The van der Waals surface area contributed by atoms with Gasteiger partial charge in [0.25, 0.3) is 5.91 Å². The molecular weight excluding hydrogens is 388 g/mol. The summed E-state index contributed by atoms with van der Waals surface area (Å²) in [6.07, 6.45) is 2.76.